The Kier molecular flexibility index (Phi) is 34.7. The van der Waals surface area contributed by atoms with Gasteiger partial charge in [-0.3, -0.25) is 33.6 Å². The Morgan fingerprint density at radius 1 is 0.506 bits per heavy atom. The molecule has 1 aromatic carbocycles. The molecule has 5 rings (SSSR count). The summed E-state index contributed by atoms with van der Waals surface area (Å²) in [6.07, 6.45) is 8.34. The van der Waals surface area contributed by atoms with Gasteiger partial charge in [-0.15, -0.1) is 0 Å². The molecule has 1 aromatic rings. The summed E-state index contributed by atoms with van der Waals surface area (Å²) in [6.45, 7) is 7.09. The van der Waals surface area contributed by atoms with Crippen LogP contribution >= 0.6 is 23.5 Å². The van der Waals surface area contributed by atoms with E-state index >= 15 is 0 Å². The van der Waals surface area contributed by atoms with Gasteiger partial charge in [-0.2, -0.15) is 23.5 Å². The molecule has 4 fully saturated rings. The van der Waals surface area contributed by atoms with E-state index in [9.17, 15) is 58.2 Å². The van der Waals surface area contributed by atoms with Crippen LogP contribution in [0.4, 0.5) is 9.59 Å². The normalized spacial score (nSPS) is 19.9. The zero-order valence-electron chi connectivity index (χ0n) is 50.3. The number of aliphatic carboxylic acids is 2. The minimum Gasteiger partial charge on any atom is -0.481 e. The van der Waals surface area contributed by atoms with E-state index in [1.54, 1.807) is 30.0 Å². The number of carbonyl (C=O) groups excluding carboxylic acids is 8. The number of nitrogens with one attached hydrogen (secondary N) is 7. The van der Waals surface area contributed by atoms with E-state index in [0.717, 1.165) is 42.8 Å². The van der Waals surface area contributed by atoms with Crippen molar-refractivity contribution in [1.82, 2.24) is 37.2 Å². The molecule has 4 heterocycles. The number of ether oxygens (including phenoxy) is 6. The number of carboxylic acid groups (broad SMARTS) is 2. The molecule has 0 saturated carbocycles. The second-order valence-electron chi connectivity index (χ2n) is 22.3. The SMILES string of the molecule is Cc1cc(C(=O)CCCCOCCOCCOCCCCC(=O)CC(CC(=O)CCCCC2SCC3NC(=O)NC32)C(=O)O)cc(C(=O)NCCCOCCOCCOCCCNC(=O)CC(NC(=O)CCCCC2SCC3NC(=O)NC32)C(=O)O)c1. The van der Waals surface area contributed by atoms with Gasteiger partial charge < -0.3 is 75.9 Å². The van der Waals surface area contributed by atoms with Crippen molar-refractivity contribution < 1.29 is 86.6 Å². The predicted molar refractivity (Wildman–Crippen MR) is 325 cm³/mol. The number of fused-ring (bicyclic) bond motifs is 2. The van der Waals surface area contributed by atoms with Crippen molar-refractivity contribution in [3.05, 3.63) is 34.9 Å². The third kappa shape index (κ3) is 29.2. The largest absolute Gasteiger partial charge is 0.481 e. The quantitative estimate of drug-likeness (QED) is 0.0250. The maximum atomic E-state index is 13.0. The molecular weight excluding hydrogens is 1170 g/mol. The lowest BCUT2D eigenvalue weighted by Gasteiger charge is -2.17. The molecule has 87 heavy (non-hydrogen) atoms. The number of thioether (sulfide) groups is 2. The number of aryl methyl sites for hydroxylation is 1. The second-order valence-corrected chi connectivity index (χ2v) is 24.9. The second kappa shape index (κ2) is 41.7. The predicted octanol–water partition coefficient (Wildman–Crippen LogP) is 4.27. The van der Waals surface area contributed by atoms with Crippen LogP contribution in [0.2, 0.25) is 0 Å². The fourth-order valence-electron chi connectivity index (χ4n) is 10.5. The van der Waals surface area contributed by atoms with Crippen LogP contribution in [0.25, 0.3) is 0 Å². The molecule has 0 aliphatic carbocycles. The van der Waals surface area contributed by atoms with Crippen LogP contribution in [0.15, 0.2) is 18.2 Å². The molecule has 8 unspecified atom stereocenters. The van der Waals surface area contributed by atoms with E-state index in [4.69, 9.17) is 28.4 Å². The number of ketones is 3. The fraction of sp³-hybridized carbons (Fsp3) is 0.733. The minimum atomic E-state index is -1.33. The smallest absolute Gasteiger partial charge is 0.326 e. The molecule has 27 heteroatoms. The summed E-state index contributed by atoms with van der Waals surface area (Å²) in [4.78, 5) is 123. The maximum Gasteiger partial charge on any atom is 0.326 e. The third-order valence-corrected chi connectivity index (χ3v) is 18.2. The maximum absolute atomic E-state index is 13.0. The zero-order valence-corrected chi connectivity index (χ0v) is 52.0. The average molecular weight is 1260 g/mol. The molecule has 0 bridgehead atoms. The van der Waals surface area contributed by atoms with Gasteiger partial charge in [0.25, 0.3) is 5.91 Å². The molecule has 4 aliphatic rings. The minimum absolute atomic E-state index is 0.0522. The molecule has 0 spiro atoms. The Balaban J connectivity index is 0.750. The monoisotopic (exact) mass is 1260 g/mol. The molecule has 8 atom stereocenters. The fourth-order valence-corrected chi connectivity index (χ4v) is 13.6. The standard InChI is InChI=1S/C60H93N7O18S2/c1-40-32-41(49(70)14-7-9-21-81-25-29-84-28-24-80-20-8-6-13-45(69)36-43(57(74)75)35-44(68)12-2-3-15-50-54-47(38-86-50)64-59(78)66-54)34-42(33-40)56(73)62-19-11-23-83-27-31-85-30-26-82-22-10-18-61-53(72)37-46(58(76)77)63-52(71)17-5-4-16-51-55-48(39-87-51)65-60(79)67-55/h32-34,43,46-48,50-51,54-55H,2-31,35-39H2,1H3,(H,61,72)(H,62,73)(H,63,71)(H,74,75)(H,76,77)(H2,64,66,78)(H2,65,67,79). The van der Waals surface area contributed by atoms with Crippen LogP contribution in [-0.2, 0) is 57.2 Å². The number of hydrogen-bond acceptors (Lipinski definition) is 18. The lowest BCUT2D eigenvalue weighted by molar-refractivity contribution is -0.145. The first-order chi connectivity index (χ1) is 42.1. The van der Waals surface area contributed by atoms with Gasteiger partial charge >= 0.3 is 24.0 Å². The van der Waals surface area contributed by atoms with Crippen LogP contribution in [0.1, 0.15) is 148 Å². The summed E-state index contributed by atoms with van der Waals surface area (Å²) in [5.41, 5.74) is 1.70. The third-order valence-electron chi connectivity index (χ3n) is 15.2. The van der Waals surface area contributed by atoms with Gasteiger partial charge in [-0.25, -0.2) is 14.4 Å². The Morgan fingerprint density at radius 3 is 1.46 bits per heavy atom. The van der Waals surface area contributed by atoms with Crippen molar-refractivity contribution in [3.63, 3.8) is 0 Å². The van der Waals surface area contributed by atoms with Crippen molar-refractivity contribution in [2.75, 3.05) is 104 Å². The number of Topliss-reactive ketones (excluding diaryl/α,β-unsaturated/α-hetero) is 3. The Morgan fingerprint density at radius 2 is 0.954 bits per heavy atom. The number of rotatable bonds is 51. The Hall–Kier alpha value is -5.42. The van der Waals surface area contributed by atoms with Crippen molar-refractivity contribution in [2.24, 2.45) is 5.92 Å². The summed E-state index contributed by atoms with van der Waals surface area (Å²) < 4.78 is 33.5. The summed E-state index contributed by atoms with van der Waals surface area (Å²) in [7, 11) is 0. The van der Waals surface area contributed by atoms with Crippen LogP contribution in [-0.4, -0.2) is 214 Å². The van der Waals surface area contributed by atoms with Gasteiger partial charge in [0.1, 0.15) is 17.6 Å². The topological polar surface area (TPSA) is 351 Å². The molecule has 4 aliphatic heterocycles. The van der Waals surface area contributed by atoms with E-state index in [1.807, 2.05) is 18.7 Å². The number of carbonyl (C=O) groups is 10. The molecule has 0 aromatic heterocycles. The van der Waals surface area contributed by atoms with Gasteiger partial charge in [0.05, 0.1) is 89.4 Å². The van der Waals surface area contributed by atoms with Crippen LogP contribution in [0.3, 0.4) is 0 Å². The number of hydrogen-bond donors (Lipinski definition) is 9. The first-order valence-corrected chi connectivity index (χ1v) is 33.0. The molecule has 9 N–H and O–H groups in total. The van der Waals surface area contributed by atoms with Crippen LogP contribution < -0.4 is 37.2 Å². The molecular formula is C60H93N7O18S2. The van der Waals surface area contributed by atoms with Crippen LogP contribution in [0.5, 0.6) is 0 Å². The van der Waals surface area contributed by atoms with Crippen molar-refractivity contribution in [1.29, 1.82) is 0 Å². The van der Waals surface area contributed by atoms with Gasteiger partial charge in [0.15, 0.2) is 5.78 Å². The molecule has 0 radical (unpaired) electrons. The van der Waals surface area contributed by atoms with E-state index < -0.39 is 35.7 Å². The molecule has 488 valence electrons. The molecule has 25 nitrogen and oxygen atoms in total. The van der Waals surface area contributed by atoms with Crippen molar-refractivity contribution in [2.45, 2.75) is 170 Å². The first kappa shape index (κ1) is 72.3. The summed E-state index contributed by atoms with van der Waals surface area (Å²) in [6, 6.07) is 4.02. The van der Waals surface area contributed by atoms with E-state index in [2.05, 4.69) is 37.2 Å². The van der Waals surface area contributed by atoms with Gasteiger partial charge in [0, 0.05) is 111 Å². The lowest BCUT2D eigenvalue weighted by Crippen LogP contribution is -2.44. The van der Waals surface area contributed by atoms with Gasteiger partial charge in [-0.1, -0.05) is 12.8 Å². The summed E-state index contributed by atoms with van der Waals surface area (Å²) >= 11 is 3.61. The van der Waals surface area contributed by atoms with Crippen molar-refractivity contribution in [3.8, 4) is 0 Å². The highest BCUT2D eigenvalue weighted by Crippen LogP contribution is 2.34. The number of amides is 7. The lowest BCUT2D eigenvalue weighted by atomic mass is 9.93. The highest BCUT2D eigenvalue weighted by atomic mass is 32.2. The average Bonchev–Trinajstić information content (AvgIpc) is 2.03. The van der Waals surface area contributed by atoms with E-state index in [1.165, 1.54) is 0 Å². The highest BCUT2D eigenvalue weighted by molar-refractivity contribution is 8.00. The van der Waals surface area contributed by atoms with E-state index in [0.29, 0.717) is 160 Å². The number of benzene rings is 1. The van der Waals surface area contributed by atoms with Gasteiger partial charge in [-0.05, 0) is 94.9 Å². The first-order valence-electron chi connectivity index (χ1n) is 30.9. The van der Waals surface area contributed by atoms with Crippen LogP contribution in [0, 0.1) is 12.8 Å². The zero-order chi connectivity index (χ0) is 62.6. The number of urea groups is 2. The number of unbranched alkanes of at least 4 members (excludes halogenated alkanes) is 4. The molecule has 4 saturated heterocycles. The highest BCUT2D eigenvalue weighted by Gasteiger charge is 2.43. The van der Waals surface area contributed by atoms with Gasteiger partial charge in [0.2, 0.25) is 11.8 Å². The van der Waals surface area contributed by atoms with Crippen molar-refractivity contribution >= 4 is 82.6 Å². The number of carboxylic acids is 2. The Labute approximate surface area is 518 Å². The van der Waals surface area contributed by atoms with E-state index in [-0.39, 0.29) is 110 Å². The summed E-state index contributed by atoms with van der Waals surface area (Å²) in [5, 5.41) is 39.5. The Bertz CT molecular complexity index is 2220. The molecule has 7 amide bonds. The summed E-state index contributed by atoms with van der Waals surface area (Å²) in [5.74, 6) is -3.28.